The molecule has 1 aliphatic carbocycles. The zero-order chi connectivity index (χ0) is 22.6. The highest BCUT2D eigenvalue weighted by molar-refractivity contribution is 5.00. The van der Waals surface area contributed by atoms with Gasteiger partial charge >= 0.3 is 0 Å². The average Bonchev–Trinajstić information content (AvgIpc) is 2.54. The number of nitrogens with one attached hydrogen (secondary N) is 1. The van der Waals surface area contributed by atoms with Gasteiger partial charge in [-0.15, -0.1) is 0 Å². The van der Waals surface area contributed by atoms with E-state index in [4.69, 9.17) is 0 Å². The predicted octanol–water partition coefficient (Wildman–Crippen LogP) is 8.44. The van der Waals surface area contributed by atoms with Crippen LogP contribution < -0.4 is 5.32 Å². The SMILES string of the molecule is CCC(C(CC(C)(C)C)C(C)(C)C)C1CCC1(C)CC(CNC)CC(C)C(C)C. The van der Waals surface area contributed by atoms with E-state index in [1.807, 2.05) is 0 Å². The standard InChI is InChI=1S/C28H57N/c1-13-23(25(27(8,9)10)18-26(5,6)7)24-14-15-28(24,11)17-22(19-29-12)16-21(4)20(2)3/h20-25,29H,13-19H2,1-12H3. The normalized spacial score (nSPS) is 27.4. The molecular formula is C28H57N. The molecule has 0 radical (unpaired) electrons. The van der Waals surface area contributed by atoms with Crippen molar-refractivity contribution in [2.45, 2.75) is 115 Å². The van der Waals surface area contributed by atoms with Crippen LogP contribution in [0.2, 0.25) is 0 Å². The average molecular weight is 408 g/mol. The summed E-state index contributed by atoms with van der Waals surface area (Å²) in [4.78, 5) is 0. The second kappa shape index (κ2) is 10.5. The summed E-state index contributed by atoms with van der Waals surface area (Å²) in [5.74, 6) is 5.02. The van der Waals surface area contributed by atoms with E-state index in [2.05, 4.69) is 88.5 Å². The van der Waals surface area contributed by atoms with Gasteiger partial charge in [0.2, 0.25) is 0 Å². The first kappa shape index (κ1) is 27.0. The molecule has 6 atom stereocenters. The maximum atomic E-state index is 3.52. The van der Waals surface area contributed by atoms with E-state index in [0.29, 0.717) is 16.2 Å². The minimum Gasteiger partial charge on any atom is -0.319 e. The van der Waals surface area contributed by atoms with E-state index in [1.54, 1.807) is 0 Å². The highest BCUT2D eigenvalue weighted by Crippen LogP contribution is 2.59. The largest absolute Gasteiger partial charge is 0.319 e. The Bertz CT molecular complexity index is 466. The number of hydrogen-bond donors (Lipinski definition) is 1. The Balaban J connectivity index is 3.02. The Hall–Kier alpha value is -0.0400. The lowest BCUT2D eigenvalue weighted by Crippen LogP contribution is -2.48. The fourth-order valence-electron chi connectivity index (χ4n) is 6.38. The van der Waals surface area contributed by atoms with E-state index >= 15 is 0 Å². The Morgan fingerprint density at radius 1 is 1.03 bits per heavy atom. The molecule has 174 valence electrons. The summed E-state index contributed by atoms with van der Waals surface area (Å²) in [6.45, 7) is 28.3. The fraction of sp³-hybridized carbons (Fsp3) is 1.00. The summed E-state index contributed by atoms with van der Waals surface area (Å²) in [6, 6.07) is 0. The van der Waals surface area contributed by atoms with Gasteiger partial charge in [0, 0.05) is 0 Å². The van der Waals surface area contributed by atoms with E-state index in [0.717, 1.165) is 35.5 Å². The minimum absolute atomic E-state index is 0.390. The molecule has 1 fully saturated rings. The Labute approximate surface area is 185 Å². The molecule has 0 heterocycles. The Morgan fingerprint density at radius 2 is 1.62 bits per heavy atom. The van der Waals surface area contributed by atoms with Crippen LogP contribution >= 0.6 is 0 Å². The van der Waals surface area contributed by atoms with Crippen molar-refractivity contribution in [3.05, 3.63) is 0 Å². The van der Waals surface area contributed by atoms with Crippen LogP contribution in [0.3, 0.4) is 0 Å². The van der Waals surface area contributed by atoms with Crippen LogP contribution in [0.1, 0.15) is 115 Å². The fourth-order valence-corrected chi connectivity index (χ4v) is 6.38. The van der Waals surface area contributed by atoms with Crippen molar-refractivity contribution in [2.75, 3.05) is 13.6 Å². The zero-order valence-electron chi connectivity index (χ0n) is 22.4. The van der Waals surface area contributed by atoms with Gasteiger partial charge in [0.1, 0.15) is 0 Å². The van der Waals surface area contributed by atoms with Gasteiger partial charge in [0.25, 0.3) is 0 Å². The molecule has 1 aliphatic rings. The Kier molecular flexibility index (Phi) is 9.79. The van der Waals surface area contributed by atoms with Crippen LogP contribution in [0.4, 0.5) is 0 Å². The van der Waals surface area contributed by atoms with E-state index < -0.39 is 0 Å². The second-order valence-corrected chi connectivity index (χ2v) is 13.7. The molecule has 0 saturated heterocycles. The minimum atomic E-state index is 0.390. The van der Waals surface area contributed by atoms with E-state index in [-0.39, 0.29) is 0 Å². The first-order valence-electron chi connectivity index (χ1n) is 12.8. The second-order valence-electron chi connectivity index (χ2n) is 13.7. The summed E-state index contributed by atoms with van der Waals surface area (Å²) >= 11 is 0. The van der Waals surface area contributed by atoms with E-state index in [9.17, 15) is 0 Å². The first-order chi connectivity index (χ1) is 13.1. The van der Waals surface area contributed by atoms with E-state index in [1.165, 1.54) is 45.1 Å². The maximum absolute atomic E-state index is 3.52. The smallest absolute Gasteiger partial charge is 0.00232 e. The molecule has 1 N–H and O–H groups in total. The summed E-state index contributed by atoms with van der Waals surface area (Å²) in [5, 5.41) is 3.52. The molecule has 0 aromatic carbocycles. The highest BCUT2D eigenvalue weighted by Gasteiger charge is 2.50. The van der Waals surface area contributed by atoms with Crippen LogP contribution in [0.25, 0.3) is 0 Å². The first-order valence-corrected chi connectivity index (χ1v) is 12.8. The molecule has 1 heteroatoms. The summed E-state index contributed by atoms with van der Waals surface area (Å²) < 4.78 is 0. The molecule has 0 spiro atoms. The van der Waals surface area contributed by atoms with Crippen molar-refractivity contribution < 1.29 is 0 Å². The summed E-state index contributed by atoms with van der Waals surface area (Å²) in [6.07, 6.45) is 8.39. The lowest BCUT2D eigenvalue weighted by Gasteiger charge is -2.56. The van der Waals surface area contributed by atoms with Crippen molar-refractivity contribution >= 4 is 0 Å². The van der Waals surface area contributed by atoms with Gasteiger partial charge in [-0.3, -0.25) is 0 Å². The van der Waals surface area contributed by atoms with Gasteiger partial charge in [-0.05, 0) is 97.4 Å². The molecule has 1 nitrogen and oxygen atoms in total. The van der Waals surface area contributed by atoms with Crippen LogP contribution in [0.15, 0.2) is 0 Å². The molecule has 1 rings (SSSR count). The third kappa shape index (κ3) is 7.86. The van der Waals surface area contributed by atoms with Gasteiger partial charge in [-0.1, -0.05) is 82.6 Å². The van der Waals surface area contributed by atoms with Crippen molar-refractivity contribution in [1.82, 2.24) is 5.32 Å². The monoisotopic (exact) mass is 407 g/mol. The van der Waals surface area contributed by atoms with Gasteiger partial charge in [0.15, 0.2) is 0 Å². The molecule has 1 saturated carbocycles. The molecule has 0 aromatic heterocycles. The molecule has 0 amide bonds. The predicted molar refractivity (Wildman–Crippen MR) is 132 cm³/mol. The lowest BCUT2D eigenvalue weighted by molar-refractivity contribution is -0.0678. The third-order valence-corrected chi connectivity index (χ3v) is 8.46. The van der Waals surface area contributed by atoms with Crippen molar-refractivity contribution in [2.24, 2.45) is 51.8 Å². The molecule has 0 aliphatic heterocycles. The van der Waals surface area contributed by atoms with Crippen LogP contribution in [-0.4, -0.2) is 13.6 Å². The lowest BCUT2D eigenvalue weighted by atomic mass is 9.49. The molecular weight excluding hydrogens is 350 g/mol. The zero-order valence-corrected chi connectivity index (χ0v) is 22.4. The van der Waals surface area contributed by atoms with Gasteiger partial charge < -0.3 is 5.32 Å². The Morgan fingerprint density at radius 3 is 1.97 bits per heavy atom. The van der Waals surface area contributed by atoms with Gasteiger partial charge in [-0.25, -0.2) is 0 Å². The van der Waals surface area contributed by atoms with Crippen molar-refractivity contribution in [3.63, 3.8) is 0 Å². The summed E-state index contributed by atoms with van der Waals surface area (Å²) in [7, 11) is 2.14. The molecule has 6 unspecified atom stereocenters. The van der Waals surface area contributed by atoms with Crippen LogP contribution in [0.5, 0.6) is 0 Å². The molecule has 29 heavy (non-hydrogen) atoms. The topological polar surface area (TPSA) is 12.0 Å². The van der Waals surface area contributed by atoms with Gasteiger partial charge in [0.05, 0.1) is 0 Å². The summed E-state index contributed by atoms with van der Waals surface area (Å²) in [5.41, 5.74) is 1.34. The number of hydrogen-bond acceptors (Lipinski definition) is 1. The number of rotatable bonds is 11. The third-order valence-electron chi connectivity index (χ3n) is 8.46. The van der Waals surface area contributed by atoms with Crippen LogP contribution in [-0.2, 0) is 0 Å². The van der Waals surface area contributed by atoms with Crippen LogP contribution in [0, 0.1) is 51.8 Å². The van der Waals surface area contributed by atoms with Crippen molar-refractivity contribution in [3.8, 4) is 0 Å². The molecule has 0 bridgehead atoms. The molecule has 0 aromatic rings. The highest BCUT2D eigenvalue weighted by atomic mass is 14.8. The quantitative estimate of drug-likeness (QED) is 0.362. The maximum Gasteiger partial charge on any atom is -0.00232 e. The van der Waals surface area contributed by atoms with Crippen molar-refractivity contribution in [1.29, 1.82) is 0 Å². The van der Waals surface area contributed by atoms with Gasteiger partial charge in [-0.2, -0.15) is 0 Å².